The Morgan fingerprint density at radius 1 is 1.19 bits per heavy atom. The van der Waals surface area contributed by atoms with E-state index in [1.807, 2.05) is 48.5 Å². The van der Waals surface area contributed by atoms with Crippen molar-refractivity contribution in [3.8, 4) is 0 Å². The normalized spacial score (nSPS) is 10.7. The van der Waals surface area contributed by atoms with Gasteiger partial charge in [-0.05, 0) is 41.7 Å². The Labute approximate surface area is 129 Å². The number of anilines is 2. The van der Waals surface area contributed by atoms with Crippen molar-refractivity contribution in [3.63, 3.8) is 0 Å². The van der Waals surface area contributed by atoms with Crippen LogP contribution in [0.3, 0.4) is 0 Å². The van der Waals surface area contributed by atoms with Crippen molar-refractivity contribution in [2.45, 2.75) is 11.8 Å². The third kappa shape index (κ3) is 4.68. The molecule has 0 atom stereocenters. The molecule has 0 radical (unpaired) electrons. The zero-order chi connectivity index (χ0) is 15.1. The van der Waals surface area contributed by atoms with Crippen molar-refractivity contribution < 1.29 is 4.79 Å². The average molecular weight is 298 g/mol. The van der Waals surface area contributed by atoms with E-state index in [9.17, 15) is 4.79 Å². The molecular formula is C17H18N2OS. The second kappa shape index (κ2) is 7.55. The smallest absolute Gasteiger partial charge is 0.248 e. The number of thioether (sulfide) groups is 1. The minimum absolute atomic E-state index is 0.143. The predicted molar refractivity (Wildman–Crippen MR) is 91.4 cm³/mol. The Hall–Kier alpha value is -2.20. The molecule has 0 fully saturated rings. The molecule has 0 saturated carbocycles. The molecule has 0 aliphatic rings. The van der Waals surface area contributed by atoms with Crippen molar-refractivity contribution in [1.29, 1.82) is 0 Å². The van der Waals surface area contributed by atoms with Crippen molar-refractivity contribution >= 4 is 35.1 Å². The molecule has 0 unspecified atom stereocenters. The van der Waals surface area contributed by atoms with E-state index in [4.69, 9.17) is 5.73 Å². The molecule has 2 aromatic carbocycles. The molecule has 21 heavy (non-hydrogen) atoms. The van der Waals surface area contributed by atoms with Crippen molar-refractivity contribution in [2.24, 2.45) is 0 Å². The van der Waals surface area contributed by atoms with E-state index in [1.165, 1.54) is 6.08 Å². The first kappa shape index (κ1) is 15.2. The number of rotatable bonds is 5. The van der Waals surface area contributed by atoms with E-state index in [1.54, 1.807) is 17.8 Å². The number of nitrogen functional groups attached to an aromatic ring is 1. The molecule has 3 N–H and O–H groups in total. The number of benzene rings is 2. The molecular weight excluding hydrogens is 280 g/mol. The van der Waals surface area contributed by atoms with Gasteiger partial charge in [0.2, 0.25) is 5.91 Å². The van der Waals surface area contributed by atoms with Crippen LogP contribution >= 0.6 is 11.8 Å². The molecule has 0 aromatic heterocycles. The van der Waals surface area contributed by atoms with Crippen LogP contribution in [0.25, 0.3) is 6.08 Å². The van der Waals surface area contributed by atoms with Gasteiger partial charge in [-0.15, -0.1) is 11.8 Å². The van der Waals surface area contributed by atoms with Crippen LogP contribution in [-0.4, -0.2) is 11.7 Å². The van der Waals surface area contributed by atoms with Crippen LogP contribution in [0.5, 0.6) is 0 Å². The standard InChI is InChI=1S/C17H18N2OS/c1-2-21-16-6-4-3-5-15(16)19-17(20)12-9-13-7-10-14(18)11-8-13/h3-12H,2,18H2,1H3,(H,19,20)/b12-9+. The summed E-state index contributed by atoms with van der Waals surface area (Å²) in [5.41, 5.74) is 8.12. The summed E-state index contributed by atoms with van der Waals surface area (Å²) in [6.07, 6.45) is 3.29. The molecule has 2 aromatic rings. The maximum absolute atomic E-state index is 12.0. The zero-order valence-corrected chi connectivity index (χ0v) is 12.7. The lowest BCUT2D eigenvalue weighted by Gasteiger charge is -2.08. The summed E-state index contributed by atoms with van der Waals surface area (Å²) in [7, 11) is 0. The molecule has 0 saturated heterocycles. The van der Waals surface area contributed by atoms with E-state index >= 15 is 0 Å². The molecule has 1 amide bonds. The Bertz CT molecular complexity index is 635. The molecule has 4 heteroatoms. The summed E-state index contributed by atoms with van der Waals surface area (Å²) in [6, 6.07) is 15.2. The van der Waals surface area contributed by atoms with Gasteiger partial charge in [0, 0.05) is 16.7 Å². The number of hydrogen-bond acceptors (Lipinski definition) is 3. The van der Waals surface area contributed by atoms with Crippen molar-refractivity contribution in [2.75, 3.05) is 16.8 Å². The summed E-state index contributed by atoms with van der Waals surface area (Å²) in [5.74, 6) is 0.824. The fourth-order valence-electron chi connectivity index (χ4n) is 1.80. The van der Waals surface area contributed by atoms with E-state index in [2.05, 4.69) is 12.2 Å². The number of nitrogens with one attached hydrogen (secondary N) is 1. The van der Waals surface area contributed by atoms with E-state index in [0.29, 0.717) is 5.69 Å². The highest BCUT2D eigenvalue weighted by molar-refractivity contribution is 7.99. The molecule has 2 rings (SSSR count). The predicted octanol–water partition coefficient (Wildman–Crippen LogP) is 4.03. The van der Waals surface area contributed by atoms with E-state index < -0.39 is 0 Å². The third-order valence-electron chi connectivity index (χ3n) is 2.81. The monoisotopic (exact) mass is 298 g/mol. The molecule has 3 nitrogen and oxygen atoms in total. The molecule has 0 heterocycles. The van der Waals surface area contributed by atoms with Gasteiger partial charge >= 0.3 is 0 Å². The average Bonchev–Trinajstić information content (AvgIpc) is 2.49. The first-order chi connectivity index (χ1) is 10.2. The highest BCUT2D eigenvalue weighted by atomic mass is 32.2. The quantitative estimate of drug-likeness (QED) is 0.498. The van der Waals surface area contributed by atoms with Gasteiger partial charge in [0.1, 0.15) is 0 Å². The van der Waals surface area contributed by atoms with Gasteiger partial charge in [-0.25, -0.2) is 0 Å². The zero-order valence-electron chi connectivity index (χ0n) is 11.9. The Balaban J connectivity index is 2.03. The van der Waals surface area contributed by atoms with Gasteiger partial charge in [-0.2, -0.15) is 0 Å². The molecule has 0 bridgehead atoms. The number of amides is 1. The summed E-state index contributed by atoms with van der Waals surface area (Å²) < 4.78 is 0. The first-order valence-electron chi connectivity index (χ1n) is 6.75. The number of carbonyl (C=O) groups is 1. The minimum Gasteiger partial charge on any atom is -0.399 e. The van der Waals surface area contributed by atoms with Crippen LogP contribution < -0.4 is 11.1 Å². The van der Waals surface area contributed by atoms with Gasteiger partial charge in [0.25, 0.3) is 0 Å². The molecule has 0 aliphatic carbocycles. The lowest BCUT2D eigenvalue weighted by atomic mass is 10.2. The van der Waals surface area contributed by atoms with Gasteiger partial charge in [0.05, 0.1) is 5.69 Å². The van der Waals surface area contributed by atoms with Crippen LogP contribution in [0.15, 0.2) is 59.5 Å². The molecule has 0 spiro atoms. The van der Waals surface area contributed by atoms with Crippen molar-refractivity contribution in [3.05, 3.63) is 60.2 Å². The first-order valence-corrected chi connectivity index (χ1v) is 7.74. The number of para-hydroxylation sites is 1. The third-order valence-corrected chi connectivity index (χ3v) is 3.76. The Morgan fingerprint density at radius 3 is 2.62 bits per heavy atom. The van der Waals surface area contributed by atoms with E-state index in [0.717, 1.165) is 21.9 Å². The highest BCUT2D eigenvalue weighted by Crippen LogP contribution is 2.26. The summed E-state index contributed by atoms with van der Waals surface area (Å²) >= 11 is 1.71. The van der Waals surface area contributed by atoms with Gasteiger partial charge in [0.15, 0.2) is 0 Å². The maximum Gasteiger partial charge on any atom is 0.248 e. The van der Waals surface area contributed by atoms with Gasteiger partial charge in [-0.3, -0.25) is 4.79 Å². The second-order valence-corrected chi connectivity index (χ2v) is 5.72. The second-order valence-electron chi connectivity index (χ2n) is 4.42. The molecule has 0 aliphatic heterocycles. The van der Waals surface area contributed by atoms with E-state index in [-0.39, 0.29) is 5.91 Å². The maximum atomic E-state index is 12.0. The Kier molecular flexibility index (Phi) is 5.46. The summed E-state index contributed by atoms with van der Waals surface area (Å²) in [4.78, 5) is 13.1. The number of nitrogens with two attached hydrogens (primary N) is 1. The van der Waals surface area contributed by atoms with Gasteiger partial charge < -0.3 is 11.1 Å². The fraction of sp³-hybridized carbons (Fsp3) is 0.118. The van der Waals surface area contributed by atoms with Crippen LogP contribution in [0, 0.1) is 0 Å². The SMILES string of the molecule is CCSc1ccccc1NC(=O)/C=C/c1ccc(N)cc1. The topological polar surface area (TPSA) is 55.1 Å². The lowest BCUT2D eigenvalue weighted by molar-refractivity contribution is -0.111. The summed E-state index contributed by atoms with van der Waals surface area (Å²) in [5, 5.41) is 2.91. The summed E-state index contributed by atoms with van der Waals surface area (Å²) in [6.45, 7) is 2.09. The lowest BCUT2D eigenvalue weighted by Crippen LogP contribution is -2.08. The van der Waals surface area contributed by atoms with Gasteiger partial charge in [-0.1, -0.05) is 31.2 Å². The van der Waals surface area contributed by atoms with Crippen LogP contribution in [0.2, 0.25) is 0 Å². The number of hydrogen-bond donors (Lipinski definition) is 2. The van der Waals surface area contributed by atoms with Crippen LogP contribution in [-0.2, 0) is 4.79 Å². The molecule has 108 valence electrons. The number of carbonyl (C=O) groups excluding carboxylic acids is 1. The van der Waals surface area contributed by atoms with Crippen LogP contribution in [0.1, 0.15) is 12.5 Å². The minimum atomic E-state index is -0.143. The largest absolute Gasteiger partial charge is 0.399 e. The van der Waals surface area contributed by atoms with Crippen molar-refractivity contribution in [1.82, 2.24) is 0 Å². The highest BCUT2D eigenvalue weighted by Gasteiger charge is 2.03. The fourth-order valence-corrected chi connectivity index (χ4v) is 2.57. The van der Waals surface area contributed by atoms with Crippen LogP contribution in [0.4, 0.5) is 11.4 Å². The Morgan fingerprint density at radius 2 is 1.90 bits per heavy atom.